The van der Waals surface area contributed by atoms with Gasteiger partial charge < -0.3 is 21.3 Å². The fraction of sp³-hybridized carbons (Fsp3) is 0.160. The summed E-state index contributed by atoms with van der Waals surface area (Å²) in [6, 6.07) is 23.8. The monoisotopic (exact) mass is 430 g/mol. The van der Waals surface area contributed by atoms with Crippen molar-refractivity contribution >= 4 is 34.8 Å². The van der Waals surface area contributed by atoms with Crippen molar-refractivity contribution in [2.24, 2.45) is 0 Å². The maximum absolute atomic E-state index is 12.3. The lowest BCUT2D eigenvalue weighted by molar-refractivity contribution is -0.116. The summed E-state index contributed by atoms with van der Waals surface area (Å²) in [5.74, 6) is -0.544. The molecule has 32 heavy (non-hydrogen) atoms. The van der Waals surface area contributed by atoms with Crippen molar-refractivity contribution in [2.75, 3.05) is 29.5 Å². The summed E-state index contributed by atoms with van der Waals surface area (Å²) in [6.07, 6.45) is 1.06. The van der Waals surface area contributed by atoms with E-state index in [1.54, 1.807) is 49.5 Å². The highest BCUT2D eigenvalue weighted by molar-refractivity contribution is 5.98. The smallest absolute Gasteiger partial charge is 0.251 e. The molecule has 0 saturated heterocycles. The third kappa shape index (κ3) is 6.98. The van der Waals surface area contributed by atoms with Gasteiger partial charge in [0.2, 0.25) is 11.8 Å². The van der Waals surface area contributed by atoms with Crippen LogP contribution in [0.25, 0.3) is 0 Å². The molecular formula is C25H26N4O3. The Labute approximate surface area is 187 Å². The van der Waals surface area contributed by atoms with Crippen molar-refractivity contribution in [3.05, 3.63) is 90.0 Å². The van der Waals surface area contributed by atoms with Crippen LogP contribution in [-0.4, -0.2) is 31.3 Å². The zero-order valence-electron chi connectivity index (χ0n) is 17.9. The maximum Gasteiger partial charge on any atom is 0.251 e. The van der Waals surface area contributed by atoms with Gasteiger partial charge in [0, 0.05) is 36.1 Å². The molecule has 0 radical (unpaired) electrons. The Bertz CT molecular complexity index is 1080. The van der Waals surface area contributed by atoms with Crippen LogP contribution in [-0.2, 0) is 16.0 Å². The Balaban J connectivity index is 1.48. The number of benzene rings is 3. The van der Waals surface area contributed by atoms with Crippen LogP contribution in [0, 0.1) is 0 Å². The number of hydrogen-bond acceptors (Lipinski definition) is 4. The molecular weight excluding hydrogens is 404 g/mol. The van der Waals surface area contributed by atoms with E-state index in [1.165, 1.54) is 0 Å². The van der Waals surface area contributed by atoms with Crippen LogP contribution >= 0.6 is 0 Å². The van der Waals surface area contributed by atoms with Gasteiger partial charge >= 0.3 is 0 Å². The van der Waals surface area contributed by atoms with E-state index in [0.29, 0.717) is 35.5 Å². The normalized spacial score (nSPS) is 10.2. The summed E-state index contributed by atoms with van der Waals surface area (Å²) in [5, 5.41) is 11.2. The van der Waals surface area contributed by atoms with Gasteiger partial charge in [-0.15, -0.1) is 0 Å². The van der Waals surface area contributed by atoms with Crippen molar-refractivity contribution in [3.8, 4) is 0 Å². The minimum atomic E-state index is -0.253. The van der Waals surface area contributed by atoms with E-state index in [4.69, 9.17) is 0 Å². The molecule has 0 aliphatic heterocycles. The molecule has 0 aliphatic rings. The van der Waals surface area contributed by atoms with Crippen LogP contribution in [0.3, 0.4) is 0 Å². The van der Waals surface area contributed by atoms with Crippen molar-refractivity contribution in [2.45, 2.75) is 12.8 Å². The van der Waals surface area contributed by atoms with Crippen molar-refractivity contribution in [1.29, 1.82) is 0 Å². The van der Waals surface area contributed by atoms with E-state index in [2.05, 4.69) is 21.3 Å². The largest absolute Gasteiger partial charge is 0.376 e. The van der Waals surface area contributed by atoms with Crippen LogP contribution in [0.1, 0.15) is 22.3 Å². The molecule has 0 fully saturated rings. The highest BCUT2D eigenvalue weighted by atomic mass is 16.2. The molecule has 4 N–H and O–H groups in total. The van der Waals surface area contributed by atoms with Gasteiger partial charge in [-0.1, -0.05) is 42.5 Å². The van der Waals surface area contributed by atoms with Gasteiger partial charge in [-0.3, -0.25) is 14.4 Å². The van der Waals surface area contributed by atoms with Crippen LogP contribution < -0.4 is 21.3 Å². The lowest BCUT2D eigenvalue weighted by Gasteiger charge is -2.11. The summed E-state index contributed by atoms with van der Waals surface area (Å²) in [7, 11) is 1.55. The van der Waals surface area contributed by atoms with Crippen molar-refractivity contribution in [1.82, 2.24) is 5.32 Å². The number of carbonyl (C=O) groups is 3. The van der Waals surface area contributed by atoms with Crippen LogP contribution in [0.2, 0.25) is 0 Å². The summed E-state index contributed by atoms with van der Waals surface area (Å²) in [5.41, 5.74) is 3.49. The van der Waals surface area contributed by atoms with Gasteiger partial charge in [-0.05, 0) is 48.4 Å². The average Bonchev–Trinajstić information content (AvgIpc) is 2.82. The summed E-state index contributed by atoms with van der Waals surface area (Å²) in [6.45, 7) is 0.0373. The molecule has 0 atom stereocenters. The predicted molar refractivity (Wildman–Crippen MR) is 127 cm³/mol. The molecule has 0 heterocycles. The number of nitrogens with one attached hydrogen (secondary N) is 4. The SMILES string of the molecule is CNC(=O)c1cccc(NC(=O)CNc2cccc(NC(=O)CCc3ccccc3)c2)c1. The molecule has 7 nitrogen and oxygen atoms in total. The van der Waals surface area contributed by atoms with E-state index >= 15 is 0 Å². The van der Waals surface area contributed by atoms with Crippen LogP contribution in [0.15, 0.2) is 78.9 Å². The van der Waals surface area contributed by atoms with Gasteiger partial charge in [0.05, 0.1) is 6.54 Å². The second kappa shape index (κ2) is 11.3. The molecule has 0 saturated carbocycles. The first-order valence-corrected chi connectivity index (χ1v) is 10.3. The number of rotatable bonds is 9. The van der Waals surface area contributed by atoms with Crippen molar-refractivity contribution < 1.29 is 14.4 Å². The number of amides is 3. The van der Waals surface area contributed by atoms with E-state index in [1.807, 2.05) is 36.4 Å². The van der Waals surface area contributed by atoms with E-state index in [-0.39, 0.29) is 24.3 Å². The quantitative estimate of drug-likeness (QED) is 0.416. The highest BCUT2D eigenvalue weighted by Crippen LogP contribution is 2.16. The Hall–Kier alpha value is -4.13. The highest BCUT2D eigenvalue weighted by Gasteiger charge is 2.08. The Kier molecular flexibility index (Phi) is 7.97. The predicted octanol–water partition coefficient (Wildman–Crippen LogP) is 3.67. The zero-order valence-corrected chi connectivity index (χ0v) is 17.9. The first-order valence-electron chi connectivity index (χ1n) is 10.3. The molecule has 164 valence electrons. The summed E-state index contributed by atoms with van der Waals surface area (Å²) in [4.78, 5) is 36.2. The summed E-state index contributed by atoms with van der Waals surface area (Å²) < 4.78 is 0. The first kappa shape index (κ1) is 22.6. The van der Waals surface area contributed by atoms with E-state index < -0.39 is 0 Å². The molecule has 7 heteroatoms. The van der Waals surface area contributed by atoms with E-state index in [9.17, 15) is 14.4 Å². The van der Waals surface area contributed by atoms with Crippen LogP contribution in [0.4, 0.5) is 17.1 Å². The Morgan fingerprint density at radius 1 is 0.719 bits per heavy atom. The maximum atomic E-state index is 12.3. The lowest BCUT2D eigenvalue weighted by Crippen LogP contribution is -2.22. The molecule has 0 unspecified atom stereocenters. The molecule has 0 aliphatic carbocycles. The second-order valence-corrected chi connectivity index (χ2v) is 7.18. The number of carbonyl (C=O) groups excluding carboxylic acids is 3. The molecule has 3 aromatic rings. The van der Waals surface area contributed by atoms with Gasteiger partial charge in [-0.2, -0.15) is 0 Å². The minimum absolute atomic E-state index is 0.0373. The second-order valence-electron chi connectivity index (χ2n) is 7.18. The van der Waals surface area contributed by atoms with Crippen LogP contribution in [0.5, 0.6) is 0 Å². The fourth-order valence-corrected chi connectivity index (χ4v) is 3.10. The van der Waals surface area contributed by atoms with Gasteiger partial charge in [0.1, 0.15) is 0 Å². The van der Waals surface area contributed by atoms with Gasteiger partial charge in [0.25, 0.3) is 5.91 Å². The molecule has 3 aromatic carbocycles. The zero-order chi connectivity index (χ0) is 22.8. The van der Waals surface area contributed by atoms with Gasteiger partial charge in [0.15, 0.2) is 0 Å². The topological polar surface area (TPSA) is 99.3 Å². The number of hydrogen-bond donors (Lipinski definition) is 4. The average molecular weight is 431 g/mol. The van der Waals surface area contributed by atoms with Crippen molar-refractivity contribution in [3.63, 3.8) is 0 Å². The molecule has 3 amide bonds. The fourth-order valence-electron chi connectivity index (χ4n) is 3.10. The standard InChI is InChI=1S/C25H26N4O3/c1-26-25(32)19-9-5-11-21(15-19)29-24(31)17-27-20-10-6-12-22(16-20)28-23(30)14-13-18-7-3-2-4-8-18/h2-12,15-16,27H,13-14,17H2,1H3,(H,26,32)(H,28,30)(H,29,31). The Morgan fingerprint density at radius 2 is 1.38 bits per heavy atom. The summed E-state index contributed by atoms with van der Waals surface area (Å²) >= 11 is 0. The third-order valence-electron chi connectivity index (χ3n) is 4.72. The van der Waals surface area contributed by atoms with E-state index in [0.717, 1.165) is 5.56 Å². The number of aryl methyl sites for hydroxylation is 1. The molecule has 0 aromatic heterocycles. The van der Waals surface area contributed by atoms with Gasteiger partial charge in [-0.25, -0.2) is 0 Å². The lowest BCUT2D eigenvalue weighted by atomic mass is 10.1. The molecule has 0 bridgehead atoms. The minimum Gasteiger partial charge on any atom is -0.376 e. The Morgan fingerprint density at radius 3 is 2.12 bits per heavy atom. The third-order valence-corrected chi connectivity index (χ3v) is 4.72. The molecule has 3 rings (SSSR count). The number of anilines is 3. The first-order chi connectivity index (χ1) is 15.5. The molecule has 0 spiro atoms.